The quantitative estimate of drug-likeness (QED) is 0.552. The molecule has 1 fully saturated rings. The molecule has 0 aromatic heterocycles. The Morgan fingerprint density at radius 3 is 2.80 bits per heavy atom. The summed E-state index contributed by atoms with van der Waals surface area (Å²) in [6.45, 7) is 1.27. The van der Waals surface area contributed by atoms with E-state index in [4.69, 9.17) is 9.84 Å². The molecule has 15 heavy (non-hydrogen) atoms. The van der Waals surface area contributed by atoms with Crippen LogP contribution in [0.25, 0.3) is 0 Å². The zero-order valence-corrected chi connectivity index (χ0v) is 8.77. The molecule has 5 heteroatoms. The van der Waals surface area contributed by atoms with Crippen LogP contribution in [0.5, 0.6) is 0 Å². The molecule has 0 saturated carbocycles. The highest BCUT2D eigenvalue weighted by Crippen LogP contribution is 2.22. The summed E-state index contributed by atoms with van der Waals surface area (Å²) in [6, 6.07) is 0. The van der Waals surface area contributed by atoms with Gasteiger partial charge in [0.2, 0.25) is 0 Å². The molecule has 2 unspecified atom stereocenters. The first kappa shape index (κ1) is 12.0. The van der Waals surface area contributed by atoms with Crippen molar-refractivity contribution < 1.29 is 24.2 Å². The van der Waals surface area contributed by atoms with Crippen LogP contribution in [0, 0.1) is 11.8 Å². The standard InChI is InChI=1S/C10H16O5/c1-14-10(13)8(9(11)12)5-7-3-2-4-15-6-7/h7-8H,2-6H2,1H3,(H,11,12). The maximum absolute atomic E-state index is 11.2. The van der Waals surface area contributed by atoms with Crippen LogP contribution in [0.1, 0.15) is 19.3 Å². The number of ether oxygens (including phenoxy) is 2. The minimum Gasteiger partial charge on any atom is -0.481 e. The lowest BCUT2D eigenvalue weighted by Crippen LogP contribution is -2.30. The van der Waals surface area contributed by atoms with E-state index in [0.717, 1.165) is 19.4 Å². The van der Waals surface area contributed by atoms with E-state index < -0.39 is 17.9 Å². The Hall–Kier alpha value is -1.10. The summed E-state index contributed by atoms with van der Waals surface area (Å²) >= 11 is 0. The highest BCUT2D eigenvalue weighted by Gasteiger charge is 2.31. The molecule has 0 aliphatic carbocycles. The number of carbonyl (C=O) groups excluding carboxylic acids is 1. The fourth-order valence-electron chi connectivity index (χ4n) is 1.77. The first-order chi connectivity index (χ1) is 7.15. The number of carboxylic acid groups (broad SMARTS) is 1. The average molecular weight is 216 g/mol. The molecular weight excluding hydrogens is 200 g/mol. The monoisotopic (exact) mass is 216 g/mol. The molecule has 0 aromatic rings. The van der Waals surface area contributed by atoms with Gasteiger partial charge in [0.15, 0.2) is 5.92 Å². The Labute approximate surface area is 88.4 Å². The van der Waals surface area contributed by atoms with Gasteiger partial charge < -0.3 is 14.6 Å². The SMILES string of the molecule is COC(=O)C(CC1CCCOC1)C(=O)O. The third-order valence-electron chi connectivity index (χ3n) is 2.61. The maximum atomic E-state index is 11.2. The summed E-state index contributed by atoms with van der Waals surface area (Å²) in [4.78, 5) is 22.0. The van der Waals surface area contributed by atoms with Crippen LogP contribution in [-0.4, -0.2) is 37.4 Å². The van der Waals surface area contributed by atoms with Crippen LogP contribution < -0.4 is 0 Å². The smallest absolute Gasteiger partial charge is 0.320 e. The topological polar surface area (TPSA) is 72.8 Å². The van der Waals surface area contributed by atoms with Crippen molar-refractivity contribution in [1.82, 2.24) is 0 Å². The van der Waals surface area contributed by atoms with E-state index in [9.17, 15) is 9.59 Å². The number of hydrogen-bond acceptors (Lipinski definition) is 4. The number of methoxy groups -OCH3 is 1. The van der Waals surface area contributed by atoms with Gasteiger partial charge in [-0.25, -0.2) is 0 Å². The van der Waals surface area contributed by atoms with E-state index in [1.807, 2.05) is 0 Å². The highest BCUT2D eigenvalue weighted by molar-refractivity contribution is 5.93. The second-order valence-corrected chi connectivity index (χ2v) is 3.73. The van der Waals surface area contributed by atoms with Crippen molar-refractivity contribution in [1.29, 1.82) is 0 Å². The van der Waals surface area contributed by atoms with Crippen molar-refractivity contribution in [3.8, 4) is 0 Å². The molecule has 1 heterocycles. The summed E-state index contributed by atoms with van der Waals surface area (Å²) in [6.07, 6.45) is 2.15. The fraction of sp³-hybridized carbons (Fsp3) is 0.800. The molecule has 86 valence electrons. The molecule has 1 N–H and O–H groups in total. The van der Waals surface area contributed by atoms with Crippen LogP contribution in [-0.2, 0) is 19.1 Å². The molecule has 0 radical (unpaired) electrons. The maximum Gasteiger partial charge on any atom is 0.320 e. The Morgan fingerprint density at radius 2 is 2.33 bits per heavy atom. The summed E-state index contributed by atoms with van der Waals surface area (Å²) in [5, 5.41) is 8.86. The molecule has 1 aliphatic heterocycles. The largest absolute Gasteiger partial charge is 0.481 e. The Balaban J connectivity index is 2.49. The summed E-state index contributed by atoms with van der Waals surface area (Å²) in [5.74, 6) is -2.69. The van der Waals surface area contributed by atoms with Crippen LogP contribution in [0.2, 0.25) is 0 Å². The Bertz CT molecular complexity index is 232. The van der Waals surface area contributed by atoms with E-state index in [2.05, 4.69) is 4.74 Å². The lowest BCUT2D eigenvalue weighted by molar-refractivity contribution is -0.158. The molecule has 0 spiro atoms. The molecular formula is C10H16O5. The number of aliphatic carboxylic acids is 1. The van der Waals surface area contributed by atoms with Crippen LogP contribution in [0.3, 0.4) is 0 Å². The minimum absolute atomic E-state index is 0.152. The second-order valence-electron chi connectivity index (χ2n) is 3.73. The third-order valence-corrected chi connectivity index (χ3v) is 2.61. The van der Waals surface area contributed by atoms with Crippen molar-refractivity contribution in [2.45, 2.75) is 19.3 Å². The zero-order valence-electron chi connectivity index (χ0n) is 8.77. The van der Waals surface area contributed by atoms with E-state index in [1.165, 1.54) is 7.11 Å². The number of esters is 1. The van der Waals surface area contributed by atoms with E-state index >= 15 is 0 Å². The predicted molar refractivity (Wildman–Crippen MR) is 51.3 cm³/mol. The molecule has 5 nitrogen and oxygen atoms in total. The number of carbonyl (C=O) groups is 2. The summed E-state index contributed by atoms with van der Waals surface area (Å²) in [7, 11) is 1.20. The summed E-state index contributed by atoms with van der Waals surface area (Å²) < 4.78 is 9.69. The Kier molecular flexibility index (Phi) is 4.55. The van der Waals surface area contributed by atoms with Gasteiger partial charge in [0.25, 0.3) is 0 Å². The van der Waals surface area contributed by atoms with Gasteiger partial charge in [-0.2, -0.15) is 0 Å². The average Bonchev–Trinajstić information content (AvgIpc) is 2.26. The molecule has 0 aromatic carbocycles. The first-order valence-electron chi connectivity index (χ1n) is 5.03. The van der Waals surface area contributed by atoms with Gasteiger partial charge in [-0.1, -0.05) is 0 Å². The zero-order chi connectivity index (χ0) is 11.3. The van der Waals surface area contributed by atoms with Crippen molar-refractivity contribution in [3.63, 3.8) is 0 Å². The fourth-order valence-corrected chi connectivity index (χ4v) is 1.77. The van der Waals surface area contributed by atoms with Gasteiger partial charge in [0.05, 0.1) is 7.11 Å². The lowest BCUT2D eigenvalue weighted by atomic mass is 9.90. The van der Waals surface area contributed by atoms with Gasteiger partial charge in [0.1, 0.15) is 0 Å². The van der Waals surface area contributed by atoms with Crippen molar-refractivity contribution in [2.24, 2.45) is 11.8 Å². The van der Waals surface area contributed by atoms with Crippen molar-refractivity contribution in [2.75, 3.05) is 20.3 Å². The van der Waals surface area contributed by atoms with Gasteiger partial charge >= 0.3 is 11.9 Å². The molecule has 1 aliphatic rings. The molecule has 2 atom stereocenters. The van der Waals surface area contributed by atoms with Gasteiger partial charge in [-0.3, -0.25) is 9.59 Å². The molecule has 0 bridgehead atoms. The number of rotatable bonds is 4. The lowest BCUT2D eigenvalue weighted by Gasteiger charge is -2.23. The van der Waals surface area contributed by atoms with E-state index in [-0.39, 0.29) is 5.92 Å². The first-order valence-corrected chi connectivity index (χ1v) is 5.03. The Morgan fingerprint density at radius 1 is 1.60 bits per heavy atom. The molecule has 0 amide bonds. The highest BCUT2D eigenvalue weighted by atomic mass is 16.5. The predicted octanol–water partition coefficient (Wildman–Crippen LogP) is 0.677. The third kappa shape index (κ3) is 3.51. The van der Waals surface area contributed by atoms with Crippen molar-refractivity contribution in [3.05, 3.63) is 0 Å². The van der Waals surface area contributed by atoms with Crippen LogP contribution in [0.15, 0.2) is 0 Å². The normalized spacial score (nSPS) is 23.1. The van der Waals surface area contributed by atoms with Gasteiger partial charge in [0, 0.05) is 13.2 Å². The van der Waals surface area contributed by atoms with Crippen LogP contribution in [0.4, 0.5) is 0 Å². The van der Waals surface area contributed by atoms with Gasteiger partial charge in [-0.05, 0) is 25.2 Å². The second kappa shape index (κ2) is 5.70. The van der Waals surface area contributed by atoms with Crippen molar-refractivity contribution >= 4 is 11.9 Å². The molecule has 1 rings (SSSR count). The van der Waals surface area contributed by atoms with E-state index in [1.54, 1.807) is 0 Å². The summed E-state index contributed by atoms with van der Waals surface area (Å²) in [5.41, 5.74) is 0. The van der Waals surface area contributed by atoms with E-state index in [0.29, 0.717) is 13.0 Å². The number of carboxylic acids is 1. The number of hydrogen-bond donors (Lipinski definition) is 1. The van der Waals surface area contributed by atoms with Crippen LogP contribution >= 0.6 is 0 Å². The molecule has 1 saturated heterocycles. The van der Waals surface area contributed by atoms with Gasteiger partial charge in [-0.15, -0.1) is 0 Å². The minimum atomic E-state index is -1.12.